The van der Waals surface area contributed by atoms with Gasteiger partial charge in [-0.1, -0.05) is 38.1 Å². The maximum absolute atomic E-state index is 5.99. The summed E-state index contributed by atoms with van der Waals surface area (Å²) in [6, 6.07) is 18.9. The average Bonchev–Trinajstić information content (AvgIpc) is 3.11. The standard InChI is InChI=1S/C19H16N4O2.C2H6/c1-13-11-12-16-19(25-14-7-4-3-5-8-14)21-18(22-23(13)16)15-9-6-10-17(20-15)24-2;1-2/h3-12H,1-2H3;1-2H3. The molecule has 0 aliphatic carbocycles. The fourth-order valence-corrected chi connectivity index (χ4v) is 2.53. The van der Waals surface area contributed by atoms with Gasteiger partial charge in [0.25, 0.3) is 0 Å². The van der Waals surface area contributed by atoms with Gasteiger partial charge in [-0.05, 0) is 37.3 Å². The molecule has 138 valence electrons. The van der Waals surface area contributed by atoms with Crippen LogP contribution in [0.2, 0.25) is 0 Å². The van der Waals surface area contributed by atoms with Gasteiger partial charge in [-0.2, -0.15) is 4.98 Å². The number of benzene rings is 1. The highest BCUT2D eigenvalue weighted by atomic mass is 16.5. The van der Waals surface area contributed by atoms with E-state index in [-0.39, 0.29) is 0 Å². The summed E-state index contributed by atoms with van der Waals surface area (Å²) < 4.78 is 13.0. The van der Waals surface area contributed by atoms with Gasteiger partial charge in [-0.25, -0.2) is 9.50 Å². The molecule has 6 heteroatoms. The predicted octanol–water partition coefficient (Wildman–Crippen LogP) is 4.93. The predicted molar refractivity (Wildman–Crippen MR) is 105 cm³/mol. The molecule has 0 N–H and O–H groups in total. The number of para-hydroxylation sites is 1. The first kappa shape index (κ1) is 18.4. The van der Waals surface area contributed by atoms with Gasteiger partial charge < -0.3 is 9.47 Å². The third kappa shape index (κ3) is 3.89. The zero-order valence-electron chi connectivity index (χ0n) is 15.9. The number of aromatic nitrogens is 4. The molecule has 0 amide bonds. The van der Waals surface area contributed by atoms with E-state index in [1.54, 1.807) is 13.2 Å². The molecule has 0 spiro atoms. The van der Waals surface area contributed by atoms with E-state index in [0.29, 0.717) is 29.0 Å². The summed E-state index contributed by atoms with van der Waals surface area (Å²) in [5.74, 6) is 2.17. The molecular weight excluding hydrogens is 340 g/mol. The Kier molecular flexibility index (Phi) is 5.66. The summed E-state index contributed by atoms with van der Waals surface area (Å²) in [6.45, 7) is 5.98. The number of hydrogen-bond donors (Lipinski definition) is 0. The number of nitrogens with zero attached hydrogens (tertiary/aromatic N) is 4. The minimum Gasteiger partial charge on any atom is -0.481 e. The molecule has 0 fully saturated rings. The van der Waals surface area contributed by atoms with E-state index in [9.17, 15) is 0 Å². The summed E-state index contributed by atoms with van der Waals surface area (Å²) in [7, 11) is 1.58. The van der Waals surface area contributed by atoms with E-state index >= 15 is 0 Å². The summed E-state index contributed by atoms with van der Waals surface area (Å²) in [5.41, 5.74) is 2.40. The van der Waals surface area contributed by atoms with Crippen molar-refractivity contribution in [3.05, 3.63) is 66.4 Å². The smallest absolute Gasteiger partial charge is 0.247 e. The van der Waals surface area contributed by atoms with Crippen LogP contribution in [0.3, 0.4) is 0 Å². The third-order valence-electron chi connectivity index (χ3n) is 3.79. The maximum atomic E-state index is 5.99. The van der Waals surface area contributed by atoms with Gasteiger partial charge in [0.15, 0.2) is 0 Å². The van der Waals surface area contributed by atoms with Crippen LogP contribution in [0.5, 0.6) is 17.5 Å². The van der Waals surface area contributed by atoms with Crippen LogP contribution < -0.4 is 9.47 Å². The van der Waals surface area contributed by atoms with Crippen molar-refractivity contribution in [2.75, 3.05) is 7.11 Å². The molecule has 0 saturated carbocycles. The first-order valence-corrected chi connectivity index (χ1v) is 8.85. The van der Waals surface area contributed by atoms with Gasteiger partial charge in [0.05, 0.1) is 7.11 Å². The van der Waals surface area contributed by atoms with Crippen LogP contribution >= 0.6 is 0 Å². The molecule has 0 saturated heterocycles. The van der Waals surface area contributed by atoms with E-state index < -0.39 is 0 Å². The highest BCUT2D eigenvalue weighted by Gasteiger charge is 2.14. The molecule has 0 aliphatic heterocycles. The summed E-state index contributed by atoms with van der Waals surface area (Å²) >= 11 is 0. The topological polar surface area (TPSA) is 61.5 Å². The molecule has 0 radical (unpaired) electrons. The Labute approximate surface area is 158 Å². The van der Waals surface area contributed by atoms with E-state index in [0.717, 1.165) is 11.2 Å². The molecule has 3 heterocycles. The summed E-state index contributed by atoms with van der Waals surface area (Å²) in [6.07, 6.45) is 0. The van der Waals surface area contributed by atoms with Crippen LogP contribution in [-0.4, -0.2) is 26.7 Å². The molecule has 3 aromatic heterocycles. The van der Waals surface area contributed by atoms with Crippen LogP contribution in [0.1, 0.15) is 19.5 Å². The molecule has 27 heavy (non-hydrogen) atoms. The lowest BCUT2D eigenvalue weighted by Crippen LogP contribution is -2.03. The number of rotatable bonds is 4. The second-order valence-electron chi connectivity index (χ2n) is 5.49. The highest BCUT2D eigenvalue weighted by Crippen LogP contribution is 2.27. The minimum atomic E-state index is 0.469. The van der Waals surface area contributed by atoms with Crippen molar-refractivity contribution >= 4 is 5.52 Å². The second kappa shape index (κ2) is 8.31. The van der Waals surface area contributed by atoms with E-state index in [2.05, 4.69) is 15.1 Å². The normalized spacial score (nSPS) is 10.2. The molecule has 0 unspecified atom stereocenters. The zero-order chi connectivity index (χ0) is 19.2. The fraction of sp³-hybridized carbons (Fsp3) is 0.190. The minimum absolute atomic E-state index is 0.469. The Hall–Kier alpha value is -3.41. The van der Waals surface area contributed by atoms with Crippen molar-refractivity contribution in [3.8, 4) is 29.0 Å². The van der Waals surface area contributed by atoms with Crippen molar-refractivity contribution < 1.29 is 9.47 Å². The second-order valence-corrected chi connectivity index (χ2v) is 5.49. The van der Waals surface area contributed by atoms with Crippen molar-refractivity contribution in [2.45, 2.75) is 20.8 Å². The van der Waals surface area contributed by atoms with Gasteiger partial charge in [-0.3, -0.25) is 0 Å². The Morgan fingerprint density at radius 3 is 2.37 bits per heavy atom. The Morgan fingerprint density at radius 1 is 0.852 bits per heavy atom. The number of ether oxygens (including phenoxy) is 2. The van der Waals surface area contributed by atoms with Crippen LogP contribution in [0.4, 0.5) is 0 Å². The van der Waals surface area contributed by atoms with E-state index in [1.807, 2.05) is 79.9 Å². The largest absolute Gasteiger partial charge is 0.481 e. The third-order valence-corrected chi connectivity index (χ3v) is 3.79. The zero-order valence-corrected chi connectivity index (χ0v) is 15.9. The number of fused-ring (bicyclic) bond motifs is 1. The summed E-state index contributed by atoms with van der Waals surface area (Å²) in [4.78, 5) is 9.00. The molecule has 0 bridgehead atoms. The maximum Gasteiger partial charge on any atom is 0.247 e. The van der Waals surface area contributed by atoms with Crippen molar-refractivity contribution in [3.63, 3.8) is 0 Å². The average molecular weight is 362 g/mol. The fourth-order valence-electron chi connectivity index (χ4n) is 2.53. The van der Waals surface area contributed by atoms with Gasteiger partial charge >= 0.3 is 0 Å². The summed E-state index contributed by atoms with van der Waals surface area (Å²) in [5, 5.41) is 4.59. The Morgan fingerprint density at radius 2 is 1.63 bits per heavy atom. The van der Waals surface area contributed by atoms with E-state index in [4.69, 9.17) is 9.47 Å². The van der Waals surface area contributed by atoms with Gasteiger partial charge in [-0.15, -0.1) is 5.10 Å². The van der Waals surface area contributed by atoms with Crippen LogP contribution in [-0.2, 0) is 0 Å². The quantitative estimate of drug-likeness (QED) is 0.515. The van der Waals surface area contributed by atoms with Gasteiger partial charge in [0, 0.05) is 11.8 Å². The lowest BCUT2D eigenvalue weighted by Gasteiger charge is -2.09. The number of aryl methyl sites for hydroxylation is 1. The van der Waals surface area contributed by atoms with E-state index in [1.165, 1.54) is 0 Å². The van der Waals surface area contributed by atoms with Crippen LogP contribution in [0, 0.1) is 6.92 Å². The molecule has 4 rings (SSSR count). The first-order chi connectivity index (χ1) is 13.2. The van der Waals surface area contributed by atoms with Crippen molar-refractivity contribution in [1.82, 2.24) is 19.6 Å². The molecule has 0 aliphatic rings. The highest BCUT2D eigenvalue weighted by molar-refractivity contribution is 5.62. The molecule has 0 atom stereocenters. The monoisotopic (exact) mass is 362 g/mol. The van der Waals surface area contributed by atoms with Crippen LogP contribution in [0.25, 0.3) is 17.0 Å². The number of pyridine rings is 1. The lowest BCUT2D eigenvalue weighted by atomic mass is 10.3. The Balaban J connectivity index is 0.00000102. The Bertz CT molecular complexity index is 1030. The first-order valence-electron chi connectivity index (χ1n) is 8.85. The van der Waals surface area contributed by atoms with Crippen molar-refractivity contribution in [1.29, 1.82) is 0 Å². The molecule has 4 aromatic rings. The lowest BCUT2D eigenvalue weighted by molar-refractivity contribution is 0.398. The number of methoxy groups -OCH3 is 1. The SMILES string of the molecule is CC.COc1cccc(-c2nc(Oc3ccccc3)c3ccc(C)n3n2)n1. The van der Waals surface area contributed by atoms with Gasteiger partial charge in [0.2, 0.25) is 17.6 Å². The molecular formula is C21H22N4O2. The van der Waals surface area contributed by atoms with Gasteiger partial charge in [0.1, 0.15) is 17.0 Å². The van der Waals surface area contributed by atoms with Crippen LogP contribution in [0.15, 0.2) is 60.7 Å². The van der Waals surface area contributed by atoms with Crippen molar-refractivity contribution in [2.24, 2.45) is 0 Å². The molecule has 6 nitrogen and oxygen atoms in total. The number of hydrogen-bond acceptors (Lipinski definition) is 5. The molecule has 1 aromatic carbocycles.